The Hall–Kier alpha value is -1.12. The van der Waals surface area contributed by atoms with Crippen molar-refractivity contribution in [1.29, 1.82) is 0 Å². The highest BCUT2D eigenvalue weighted by Crippen LogP contribution is 2.17. The Bertz CT molecular complexity index is 306. The second kappa shape index (κ2) is 10.6. The lowest BCUT2D eigenvalue weighted by atomic mass is 10.0. The summed E-state index contributed by atoms with van der Waals surface area (Å²) in [4.78, 5) is 21.8. The van der Waals surface area contributed by atoms with Gasteiger partial charge in [-0.25, -0.2) is 0 Å². The van der Waals surface area contributed by atoms with Crippen molar-refractivity contribution in [3.8, 4) is 0 Å². The minimum atomic E-state index is -0.613. The second-order valence-corrected chi connectivity index (χ2v) is 5.62. The van der Waals surface area contributed by atoms with Gasteiger partial charge in [-0.3, -0.25) is 9.59 Å². The SMILES string of the molecule is CCCCCCCCCCCC/C=C/C1C(=O)OC1=O. The van der Waals surface area contributed by atoms with Gasteiger partial charge in [0.2, 0.25) is 0 Å². The van der Waals surface area contributed by atoms with E-state index in [-0.39, 0.29) is 0 Å². The lowest BCUT2D eigenvalue weighted by molar-refractivity contribution is -0.180. The first-order valence-electron chi connectivity index (χ1n) is 8.18. The van der Waals surface area contributed by atoms with Gasteiger partial charge in [-0.2, -0.15) is 0 Å². The third-order valence-electron chi connectivity index (χ3n) is 3.76. The molecule has 0 amide bonds. The number of hydrogen-bond acceptors (Lipinski definition) is 3. The van der Waals surface area contributed by atoms with Crippen LogP contribution >= 0.6 is 0 Å². The number of esters is 2. The Labute approximate surface area is 122 Å². The Morgan fingerprint density at radius 3 is 1.85 bits per heavy atom. The number of allylic oxidation sites excluding steroid dienone is 1. The van der Waals surface area contributed by atoms with Gasteiger partial charge >= 0.3 is 11.9 Å². The van der Waals surface area contributed by atoms with Gasteiger partial charge in [-0.1, -0.05) is 76.9 Å². The number of carbonyl (C=O) groups excluding carboxylic acids is 2. The minimum Gasteiger partial charge on any atom is -0.391 e. The van der Waals surface area contributed by atoms with Crippen LogP contribution in [0, 0.1) is 5.92 Å². The van der Waals surface area contributed by atoms with E-state index >= 15 is 0 Å². The van der Waals surface area contributed by atoms with Crippen molar-refractivity contribution < 1.29 is 14.3 Å². The Morgan fingerprint density at radius 2 is 1.35 bits per heavy atom. The molecule has 0 spiro atoms. The van der Waals surface area contributed by atoms with Crippen molar-refractivity contribution in [2.75, 3.05) is 0 Å². The van der Waals surface area contributed by atoms with E-state index < -0.39 is 17.9 Å². The van der Waals surface area contributed by atoms with Crippen LogP contribution in [-0.4, -0.2) is 11.9 Å². The largest absolute Gasteiger partial charge is 0.391 e. The number of cyclic esters (lactones) is 2. The van der Waals surface area contributed by atoms with Crippen LogP contribution < -0.4 is 0 Å². The lowest BCUT2D eigenvalue weighted by Crippen LogP contribution is -2.39. The predicted octanol–water partition coefficient (Wildman–Crippen LogP) is 4.55. The molecule has 114 valence electrons. The standard InChI is InChI=1S/C17H28O3/c1-2-3-4-5-6-7-8-9-10-11-12-13-14-15-16(18)20-17(15)19/h13-15H,2-12H2,1H3/b14-13+. The summed E-state index contributed by atoms with van der Waals surface area (Å²) in [6.07, 6.45) is 17.8. The van der Waals surface area contributed by atoms with Crippen molar-refractivity contribution in [1.82, 2.24) is 0 Å². The molecule has 0 unspecified atom stereocenters. The van der Waals surface area contributed by atoms with E-state index in [1.165, 1.54) is 57.8 Å². The maximum atomic E-state index is 10.9. The number of carbonyl (C=O) groups is 2. The third kappa shape index (κ3) is 6.88. The lowest BCUT2D eigenvalue weighted by Gasteiger charge is -2.17. The first-order chi connectivity index (χ1) is 9.75. The molecule has 0 atom stereocenters. The highest BCUT2D eigenvalue weighted by Gasteiger charge is 2.39. The van der Waals surface area contributed by atoms with Crippen molar-refractivity contribution in [2.24, 2.45) is 5.92 Å². The molecule has 0 N–H and O–H groups in total. The fourth-order valence-corrected chi connectivity index (χ4v) is 2.40. The zero-order chi connectivity index (χ0) is 14.6. The van der Waals surface area contributed by atoms with Crippen LogP contribution in [-0.2, 0) is 14.3 Å². The number of rotatable bonds is 12. The summed E-state index contributed by atoms with van der Waals surface area (Å²) in [5, 5.41) is 0. The zero-order valence-electron chi connectivity index (χ0n) is 12.7. The molecule has 1 aliphatic rings. The van der Waals surface area contributed by atoms with E-state index in [9.17, 15) is 9.59 Å². The summed E-state index contributed by atoms with van der Waals surface area (Å²) in [7, 11) is 0. The van der Waals surface area contributed by atoms with E-state index in [0.717, 1.165) is 12.8 Å². The van der Waals surface area contributed by atoms with Crippen LogP contribution in [0.4, 0.5) is 0 Å². The van der Waals surface area contributed by atoms with Crippen LogP contribution in [0.1, 0.15) is 77.6 Å². The molecular weight excluding hydrogens is 252 g/mol. The van der Waals surface area contributed by atoms with Gasteiger partial charge in [0.15, 0.2) is 5.92 Å². The molecule has 0 radical (unpaired) electrons. The molecule has 0 aromatic heterocycles. The van der Waals surface area contributed by atoms with Gasteiger partial charge in [-0.05, 0) is 12.8 Å². The summed E-state index contributed by atoms with van der Waals surface area (Å²) in [5.41, 5.74) is 0. The monoisotopic (exact) mass is 280 g/mol. The van der Waals surface area contributed by atoms with E-state index in [1.54, 1.807) is 6.08 Å². The summed E-state index contributed by atoms with van der Waals surface area (Å²) >= 11 is 0. The van der Waals surface area contributed by atoms with Crippen molar-refractivity contribution in [3.05, 3.63) is 12.2 Å². The molecule has 1 fully saturated rings. The minimum absolute atomic E-state index is 0.408. The summed E-state index contributed by atoms with van der Waals surface area (Å²) in [6.45, 7) is 2.25. The Morgan fingerprint density at radius 1 is 0.850 bits per heavy atom. The Balaban J connectivity index is 1.82. The molecule has 0 aromatic rings. The topological polar surface area (TPSA) is 43.4 Å². The molecule has 0 bridgehead atoms. The maximum Gasteiger partial charge on any atom is 0.331 e. The van der Waals surface area contributed by atoms with Crippen molar-refractivity contribution >= 4 is 11.9 Å². The molecule has 1 aliphatic heterocycles. The highest BCUT2D eigenvalue weighted by atomic mass is 16.6. The van der Waals surface area contributed by atoms with Crippen molar-refractivity contribution in [2.45, 2.75) is 77.6 Å². The van der Waals surface area contributed by atoms with Gasteiger partial charge in [0.1, 0.15) is 0 Å². The van der Waals surface area contributed by atoms with Gasteiger partial charge in [0.05, 0.1) is 0 Å². The quantitative estimate of drug-likeness (QED) is 0.228. The van der Waals surface area contributed by atoms with Gasteiger partial charge in [0.25, 0.3) is 0 Å². The second-order valence-electron chi connectivity index (χ2n) is 5.62. The van der Waals surface area contributed by atoms with Gasteiger partial charge < -0.3 is 4.74 Å². The van der Waals surface area contributed by atoms with Crippen LogP contribution in [0.5, 0.6) is 0 Å². The summed E-state index contributed by atoms with van der Waals surface area (Å²) in [6, 6.07) is 0. The van der Waals surface area contributed by atoms with E-state index in [0.29, 0.717) is 0 Å². The fraction of sp³-hybridized carbons (Fsp3) is 0.765. The van der Waals surface area contributed by atoms with E-state index in [1.807, 2.05) is 6.08 Å². The molecule has 0 aliphatic carbocycles. The number of unbranched alkanes of at least 4 members (excludes halogenated alkanes) is 10. The van der Waals surface area contributed by atoms with Crippen molar-refractivity contribution in [3.63, 3.8) is 0 Å². The molecule has 0 aromatic carbocycles. The molecule has 3 heteroatoms. The average Bonchev–Trinajstić information content (AvgIpc) is 2.44. The molecule has 1 saturated heterocycles. The first kappa shape index (κ1) is 16.9. The van der Waals surface area contributed by atoms with Gasteiger partial charge in [0, 0.05) is 0 Å². The third-order valence-corrected chi connectivity index (χ3v) is 3.76. The highest BCUT2D eigenvalue weighted by molar-refractivity contribution is 6.11. The van der Waals surface area contributed by atoms with Crippen LogP contribution in [0.25, 0.3) is 0 Å². The van der Waals surface area contributed by atoms with E-state index in [4.69, 9.17) is 0 Å². The molecular formula is C17H28O3. The molecule has 1 rings (SSSR count). The summed E-state index contributed by atoms with van der Waals surface area (Å²) in [5.74, 6) is -1.43. The molecule has 1 heterocycles. The molecule has 0 saturated carbocycles. The zero-order valence-corrected chi connectivity index (χ0v) is 12.7. The Kier molecular flexibility index (Phi) is 9.01. The fourth-order valence-electron chi connectivity index (χ4n) is 2.40. The first-order valence-corrected chi connectivity index (χ1v) is 8.18. The molecule has 20 heavy (non-hydrogen) atoms. The summed E-state index contributed by atoms with van der Waals surface area (Å²) < 4.78 is 4.28. The van der Waals surface area contributed by atoms with Crippen LogP contribution in [0.2, 0.25) is 0 Å². The number of hydrogen-bond donors (Lipinski definition) is 0. The van der Waals surface area contributed by atoms with E-state index in [2.05, 4.69) is 11.7 Å². The van der Waals surface area contributed by atoms with Gasteiger partial charge in [-0.15, -0.1) is 0 Å². The van der Waals surface area contributed by atoms with Crippen LogP contribution in [0.15, 0.2) is 12.2 Å². The predicted molar refractivity (Wildman–Crippen MR) is 80.2 cm³/mol. The normalized spacial score (nSPS) is 15.7. The maximum absolute atomic E-state index is 10.9. The average molecular weight is 280 g/mol. The van der Waals surface area contributed by atoms with Crippen LogP contribution in [0.3, 0.4) is 0 Å². The smallest absolute Gasteiger partial charge is 0.331 e. The number of ether oxygens (including phenoxy) is 1. The molecule has 3 nitrogen and oxygen atoms in total.